The van der Waals surface area contributed by atoms with Crippen molar-refractivity contribution in [3.63, 3.8) is 0 Å². The number of para-hydroxylation sites is 1. The minimum atomic E-state index is -4.08. The standard InChI is InChI=1S/C16H22F3NO/c1-2-20-13(7-9-16(17,18)19)11-12-8-10-21-15-6-4-3-5-14(12)15/h3-6,12-13,20H,2,7-11H2,1H3. The summed E-state index contributed by atoms with van der Waals surface area (Å²) in [6.45, 7) is 3.26. The number of rotatable bonds is 6. The molecule has 1 N–H and O–H groups in total. The van der Waals surface area contributed by atoms with Crippen LogP contribution >= 0.6 is 0 Å². The molecule has 1 aliphatic heterocycles. The number of benzene rings is 1. The first-order valence-corrected chi connectivity index (χ1v) is 7.51. The molecule has 0 saturated carbocycles. The number of alkyl halides is 3. The first-order chi connectivity index (χ1) is 9.99. The van der Waals surface area contributed by atoms with Crippen LogP contribution in [0.15, 0.2) is 24.3 Å². The van der Waals surface area contributed by atoms with Gasteiger partial charge in [-0.25, -0.2) is 0 Å². The predicted molar refractivity (Wildman–Crippen MR) is 76.7 cm³/mol. The molecule has 2 rings (SSSR count). The van der Waals surface area contributed by atoms with Gasteiger partial charge in [0.05, 0.1) is 6.61 Å². The smallest absolute Gasteiger partial charge is 0.389 e. The van der Waals surface area contributed by atoms with E-state index < -0.39 is 12.6 Å². The Morgan fingerprint density at radius 3 is 2.81 bits per heavy atom. The van der Waals surface area contributed by atoms with E-state index in [1.165, 1.54) is 0 Å². The second-order valence-electron chi connectivity index (χ2n) is 5.52. The molecular weight excluding hydrogens is 279 g/mol. The maximum atomic E-state index is 12.4. The van der Waals surface area contributed by atoms with Crippen molar-refractivity contribution >= 4 is 0 Å². The Bertz CT molecular complexity index is 447. The number of nitrogens with one attached hydrogen (secondary N) is 1. The number of hydrogen-bond donors (Lipinski definition) is 1. The summed E-state index contributed by atoms with van der Waals surface area (Å²) in [5, 5.41) is 3.19. The third-order valence-electron chi connectivity index (χ3n) is 3.92. The Morgan fingerprint density at radius 1 is 1.33 bits per heavy atom. The van der Waals surface area contributed by atoms with E-state index in [2.05, 4.69) is 5.32 Å². The highest BCUT2D eigenvalue weighted by atomic mass is 19.4. The molecule has 0 amide bonds. The maximum absolute atomic E-state index is 12.4. The van der Waals surface area contributed by atoms with Gasteiger partial charge in [0.25, 0.3) is 0 Å². The maximum Gasteiger partial charge on any atom is 0.389 e. The summed E-state index contributed by atoms with van der Waals surface area (Å²) in [5.41, 5.74) is 1.12. The molecular formula is C16H22F3NO. The van der Waals surface area contributed by atoms with Crippen LogP contribution in [0, 0.1) is 0 Å². The van der Waals surface area contributed by atoms with E-state index in [0.29, 0.717) is 13.2 Å². The van der Waals surface area contributed by atoms with Crippen LogP contribution in [0.1, 0.15) is 44.1 Å². The van der Waals surface area contributed by atoms with Crippen LogP contribution in [0.25, 0.3) is 0 Å². The highest BCUT2D eigenvalue weighted by Gasteiger charge is 2.30. The fraction of sp³-hybridized carbons (Fsp3) is 0.625. The van der Waals surface area contributed by atoms with Crippen molar-refractivity contribution in [3.8, 4) is 5.75 Å². The molecule has 0 radical (unpaired) electrons. The number of ether oxygens (including phenoxy) is 1. The lowest BCUT2D eigenvalue weighted by atomic mass is 9.86. The fourth-order valence-electron chi connectivity index (χ4n) is 2.93. The molecule has 1 aromatic carbocycles. The summed E-state index contributed by atoms with van der Waals surface area (Å²) in [6.07, 6.45) is -3.08. The predicted octanol–water partition coefficient (Wildman–Crippen LogP) is 4.26. The fourth-order valence-corrected chi connectivity index (χ4v) is 2.93. The van der Waals surface area contributed by atoms with E-state index in [0.717, 1.165) is 24.2 Å². The summed E-state index contributed by atoms with van der Waals surface area (Å²) in [4.78, 5) is 0. The quantitative estimate of drug-likeness (QED) is 0.847. The molecule has 5 heteroatoms. The highest BCUT2D eigenvalue weighted by Crippen LogP contribution is 2.37. The van der Waals surface area contributed by atoms with Gasteiger partial charge in [-0.1, -0.05) is 25.1 Å². The van der Waals surface area contributed by atoms with Crippen LogP contribution < -0.4 is 10.1 Å². The van der Waals surface area contributed by atoms with Crippen LogP contribution in [0.5, 0.6) is 5.75 Å². The lowest BCUT2D eigenvalue weighted by Gasteiger charge is -2.29. The van der Waals surface area contributed by atoms with Crippen LogP contribution in [0.2, 0.25) is 0 Å². The second-order valence-corrected chi connectivity index (χ2v) is 5.52. The SMILES string of the molecule is CCNC(CCC(F)(F)F)CC1CCOc2ccccc21. The van der Waals surface area contributed by atoms with E-state index in [-0.39, 0.29) is 18.4 Å². The normalized spacial score (nSPS) is 19.7. The van der Waals surface area contributed by atoms with E-state index in [4.69, 9.17) is 4.74 Å². The molecule has 2 nitrogen and oxygen atoms in total. The van der Waals surface area contributed by atoms with Gasteiger partial charge < -0.3 is 10.1 Å². The topological polar surface area (TPSA) is 21.3 Å². The van der Waals surface area contributed by atoms with Gasteiger partial charge in [0.15, 0.2) is 0 Å². The van der Waals surface area contributed by atoms with Crippen molar-refractivity contribution < 1.29 is 17.9 Å². The number of halogens is 3. The van der Waals surface area contributed by atoms with E-state index in [1.807, 2.05) is 31.2 Å². The minimum absolute atomic E-state index is 0.104. The highest BCUT2D eigenvalue weighted by molar-refractivity contribution is 5.37. The molecule has 2 unspecified atom stereocenters. The Morgan fingerprint density at radius 2 is 2.10 bits per heavy atom. The summed E-state index contributed by atoms with van der Waals surface area (Å²) in [6, 6.07) is 7.73. The second kappa shape index (κ2) is 7.16. The van der Waals surface area contributed by atoms with Crippen LogP contribution in [0.3, 0.4) is 0 Å². The molecule has 0 aliphatic carbocycles. The molecule has 0 saturated heterocycles. The molecule has 1 aliphatic rings. The zero-order valence-electron chi connectivity index (χ0n) is 12.2. The molecule has 1 aromatic rings. The van der Waals surface area contributed by atoms with Crippen molar-refractivity contribution in [3.05, 3.63) is 29.8 Å². The van der Waals surface area contributed by atoms with E-state index in [9.17, 15) is 13.2 Å². The van der Waals surface area contributed by atoms with Gasteiger partial charge in [0.1, 0.15) is 5.75 Å². The molecule has 0 fully saturated rings. The lowest BCUT2D eigenvalue weighted by Crippen LogP contribution is -2.33. The summed E-state index contributed by atoms with van der Waals surface area (Å²) in [7, 11) is 0. The molecule has 2 atom stereocenters. The largest absolute Gasteiger partial charge is 0.493 e. The zero-order chi connectivity index (χ0) is 15.3. The average molecular weight is 301 g/mol. The van der Waals surface area contributed by atoms with Gasteiger partial charge in [-0.05, 0) is 43.4 Å². The molecule has 1 heterocycles. The number of hydrogen-bond acceptors (Lipinski definition) is 2. The first kappa shape index (κ1) is 16.1. The lowest BCUT2D eigenvalue weighted by molar-refractivity contribution is -0.136. The van der Waals surface area contributed by atoms with Gasteiger partial charge in [0, 0.05) is 12.5 Å². The molecule has 0 bridgehead atoms. The zero-order valence-corrected chi connectivity index (χ0v) is 12.2. The number of fused-ring (bicyclic) bond motifs is 1. The van der Waals surface area contributed by atoms with Gasteiger partial charge in [-0.15, -0.1) is 0 Å². The average Bonchev–Trinajstić information content (AvgIpc) is 2.44. The van der Waals surface area contributed by atoms with Crippen molar-refractivity contribution in [1.29, 1.82) is 0 Å². The van der Waals surface area contributed by atoms with Gasteiger partial charge in [-0.2, -0.15) is 13.2 Å². The van der Waals surface area contributed by atoms with Gasteiger partial charge >= 0.3 is 6.18 Å². The Hall–Kier alpha value is -1.23. The van der Waals surface area contributed by atoms with Crippen molar-refractivity contribution in [2.45, 2.75) is 50.7 Å². The van der Waals surface area contributed by atoms with E-state index in [1.54, 1.807) is 0 Å². The summed E-state index contributed by atoms with van der Waals surface area (Å²) in [5.74, 6) is 1.15. The van der Waals surface area contributed by atoms with Crippen molar-refractivity contribution in [2.24, 2.45) is 0 Å². The van der Waals surface area contributed by atoms with Crippen LogP contribution in [0.4, 0.5) is 13.2 Å². The minimum Gasteiger partial charge on any atom is -0.493 e. The molecule has 118 valence electrons. The van der Waals surface area contributed by atoms with Gasteiger partial charge in [0.2, 0.25) is 0 Å². The third-order valence-corrected chi connectivity index (χ3v) is 3.92. The first-order valence-electron chi connectivity index (χ1n) is 7.51. The van der Waals surface area contributed by atoms with Crippen LogP contribution in [-0.4, -0.2) is 25.4 Å². The molecule has 0 spiro atoms. The Balaban J connectivity index is 2.00. The third kappa shape index (κ3) is 4.92. The monoisotopic (exact) mass is 301 g/mol. The van der Waals surface area contributed by atoms with Gasteiger partial charge in [-0.3, -0.25) is 0 Å². The Kier molecular flexibility index (Phi) is 5.51. The summed E-state index contributed by atoms with van der Waals surface area (Å²) >= 11 is 0. The van der Waals surface area contributed by atoms with E-state index >= 15 is 0 Å². The Labute approximate surface area is 123 Å². The molecule has 21 heavy (non-hydrogen) atoms. The molecule has 0 aromatic heterocycles. The van der Waals surface area contributed by atoms with Crippen LogP contribution in [-0.2, 0) is 0 Å². The van der Waals surface area contributed by atoms with Crippen molar-refractivity contribution in [1.82, 2.24) is 5.32 Å². The summed E-state index contributed by atoms with van der Waals surface area (Å²) < 4.78 is 42.9. The van der Waals surface area contributed by atoms with Crippen molar-refractivity contribution in [2.75, 3.05) is 13.2 Å².